The third-order valence-corrected chi connectivity index (χ3v) is 5.56. The second-order valence-corrected chi connectivity index (χ2v) is 6.35. The van der Waals surface area contributed by atoms with E-state index in [1.807, 2.05) is 0 Å². The van der Waals surface area contributed by atoms with Crippen molar-refractivity contribution in [3.63, 3.8) is 0 Å². The molecule has 1 saturated carbocycles. The molecule has 2 N–H and O–H groups in total. The Labute approximate surface area is 92.3 Å². The topological polar surface area (TPSA) is 24.1 Å². The van der Waals surface area contributed by atoms with Crippen LogP contribution in [0, 0.1) is 0 Å². The normalized spacial score (nSPS) is 21.9. The number of hydrogen-bond donors (Lipinski definition) is 2. The van der Waals surface area contributed by atoms with Gasteiger partial charge in [0, 0.05) is 5.66 Å². The van der Waals surface area contributed by atoms with Crippen LogP contribution in [0.15, 0.2) is 24.3 Å². The van der Waals surface area contributed by atoms with Gasteiger partial charge in [-0.25, -0.2) is 0 Å². The summed E-state index contributed by atoms with van der Waals surface area (Å²) in [5.41, 5.74) is 3.48. The van der Waals surface area contributed by atoms with E-state index >= 15 is 0 Å². The molecule has 0 saturated heterocycles. The monoisotopic (exact) mass is 220 g/mol. The second-order valence-electron chi connectivity index (χ2n) is 4.43. The zero-order valence-corrected chi connectivity index (χ0v) is 9.76. The van der Waals surface area contributed by atoms with Gasteiger partial charge in [0.05, 0.1) is 19.6 Å². The highest BCUT2D eigenvalue weighted by atomic mass is 31.1. The molecule has 0 spiro atoms. The Morgan fingerprint density at radius 2 is 1.53 bits per heavy atom. The predicted molar refractivity (Wildman–Crippen MR) is 67.5 cm³/mol. The molecule has 0 atom stereocenters. The van der Waals surface area contributed by atoms with Crippen molar-refractivity contribution < 1.29 is 0 Å². The fourth-order valence-corrected chi connectivity index (χ4v) is 4.70. The average Bonchev–Trinajstić information content (AvgIpc) is 2.74. The van der Waals surface area contributed by atoms with Crippen LogP contribution < -0.4 is 10.2 Å². The molecule has 2 aliphatic rings. The summed E-state index contributed by atoms with van der Waals surface area (Å²) in [5, 5.41) is 7.32. The lowest BCUT2D eigenvalue weighted by atomic mass is 10.0. The van der Waals surface area contributed by atoms with Crippen LogP contribution in [0.25, 0.3) is 0 Å². The van der Waals surface area contributed by atoms with Crippen LogP contribution in [-0.2, 0) is 0 Å². The molecule has 1 aliphatic carbocycles. The van der Waals surface area contributed by atoms with E-state index in [0.29, 0.717) is 0 Å². The summed E-state index contributed by atoms with van der Waals surface area (Å²) in [6.07, 6.45) is 7.08. The largest absolute Gasteiger partial charge is 0.346 e. The van der Waals surface area contributed by atoms with Crippen molar-refractivity contribution in [2.45, 2.75) is 37.8 Å². The maximum absolute atomic E-state index is 3.66. The standard InChI is InChI=1S/C12H17N2P/c1-2-6-10(7-3-1)15-13-11-8-4-5-9-12(11)14-15/h4-5,8-10,13-14H,1-3,6-7H2. The highest BCUT2D eigenvalue weighted by Crippen LogP contribution is 2.53. The molecular formula is C12H17N2P. The van der Waals surface area contributed by atoms with Gasteiger partial charge in [-0.3, -0.25) is 0 Å². The Kier molecular flexibility index (Phi) is 2.54. The zero-order chi connectivity index (χ0) is 10.1. The molecule has 0 bridgehead atoms. The van der Waals surface area contributed by atoms with Crippen molar-refractivity contribution >= 4 is 19.6 Å². The number of anilines is 2. The van der Waals surface area contributed by atoms with E-state index in [0.717, 1.165) is 5.66 Å². The van der Waals surface area contributed by atoms with E-state index in [1.165, 1.54) is 43.5 Å². The van der Waals surface area contributed by atoms with E-state index in [9.17, 15) is 0 Å². The second kappa shape index (κ2) is 4.02. The summed E-state index contributed by atoms with van der Waals surface area (Å²) in [6.45, 7) is 0. The minimum atomic E-state index is -0.190. The highest BCUT2D eigenvalue weighted by Gasteiger charge is 2.28. The van der Waals surface area contributed by atoms with Crippen LogP contribution in [-0.4, -0.2) is 5.66 Å². The first-order valence-corrected chi connectivity index (χ1v) is 7.26. The van der Waals surface area contributed by atoms with Gasteiger partial charge in [0.15, 0.2) is 0 Å². The van der Waals surface area contributed by atoms with Crippen molar-refractivity contribution in [3.8, 4) is 0 Å². The molecule has 1 aromatic carbocycles. The SMILES string of the molecule is c1ccc2c(c1)NP(C1CCCCC1)N2. The van der Waals surface area contributed by atoms with Crippen molar-refractivity contribution in [1.82, 2.24) is 0 Å². The highest BCUT2D eigenvalue weighted by molar-refractivity contribution is 7.62. The van der Waals surface area contributed by atoms with Crippen LogP contribution in [0.1, 0.15) is 32.1 Å². The average molecular weight is 220 g/mol. The van der Waals surface area contributed by atoms with Gasteiger partial charge >= 0.3 is 0 Å². The molecule has 0 aromatic heterocycles. The van der Waals surface area contributed by atoms with Gasteiger partial charge in [-0.2, -0.15) is 0 Å². The molecule has 1 aliphatic heterocycles. The first kappa shape index (κ1) is 9.47. The Bertz CT molecular complexity index is 322. The molecule has 0 radical (unpaired) electrons. The lowest BCUT2D eigenvalue weighted by Gasteiger charge is -2.27. The summed E-state index contributed by atoms with van der Waals surface area (Å²) < 4.78 is 0. The summed E-state index contributed by atoms with van der Waals surface area (Å²) in [7, 11) is -0.190. The number of fused-ring (bicyclic) bond motifs is 1. The first-order chi connectivity index (χ1) is 7.43. The number of rotatable bonds is 1. The molecule has 2 nitrogen and oxygen atoms in total. The molecular weight excluding hydrogens is 203 g/mol. The molecule has 1 fully saturated rings. The van der Waals surface area contributed by atoms with Gasteiger partial charge in [-0.1, -0.05) is 31.4 Å². The van der Waals surface area contributed by atoms with Crippen LogP contribution in [0.5, 0.6) is 0 Å². The lowest BCUT2D eigenvalue weighted by Crippen LogP contribution is -2.14. The van der Waals surface area contributed by atoms with E-state index < -0.39 is 0 Å². The van der Waals surface area contributed by atoms with Crippen LogP contribution in [0.4, 0.5) is 11.4 Å². The van der Waals surface area contributed by atoms with Crippen molar-refractivity contribution in [2.75, 3.05) is 10.2 Å². The molecule has 3 rings (SSSR count). The molecule has 15 heavy (non-hydrogen) atoms. The number of benzene rings is 1. The maximum atomic E-state index is 3.66. The molecule has 80 valence electrons. The Morgan fingerprint density at radius 3 is 2.13 bits per heavy atom. The Balaban J connectivity index is 1.72. The fourth-order valence-electron chi connectivity index (χ4n) is 2.49. The lowest BCUT2D eigenvalue weighted by molar-refractivity contribution is 0.512. The van der Waals surface area contributed by atoms with E-state index in [4.69, 9.17) is 0 Å². The fraction of sp³-hybridized carbons (Fsp3) is 0.500. The van der Waals surface area contributed by atoms with Crippen molar-refractivity contribution in [3.05, 3.63) is 24.3 Å². The van der Waals surface area contributed by atoms with E-state index in [1.54, 1.807) is 0 Å². The Hall–Kier alpha value is -0.750. The summed E-state index contributed by atoms with van der Waals surface area (Å²) in [5.74, 6) is 0. The summed E-state index contributed by atoms with van der Waals surface area (Å²) >= 11 is 0. The Morgan fingerprint density at radius 1 is 0.933 bits per heavy atom. The number of hydrogen-bond acceptors (Lipinski definition) is 2. The van der Waals surface area contributed by atoms with Gasteiger partial charge in [0.2, 0.25) is 0 Å². The summed E-state index contributed by atoms with van der Waals surface area (Å²) in [6, 6.07) is 8.56. The van der Waals surface area contributed by atoms with Crippen LogP contribution >= 0.6 is 8.22 Å². The van der Waals surface area contributed by atoms with Gasteiger partial charge in [0.1, 0.15) is 0 Å². The van der Waals surface area contributed by atoms with Crippen LogP contribution in [0.2, 0.25) is 0 Å². The third kappa shape index (κ3) is 1.83. The third-order valence-electron chi connectivity index (χ3n) is 3.35. The minimum Gasteiger partial charge on any atom is -0.346 e. The summed E-state index contributed by atoms with van der Waals surface area (Å²) in [4.78, 5) is 0. The van der Waals surface area contributed by atoms with Gasteiger partial charge in [-0.15, -0.1) is 0 Å². The van der Waals surface area contributed by atoms with E-state index in [-0.39, 0.29) is 8.22 Å². The first-order valence-electron chi connectivity index (χ1n) is 5.85. The number of para-hydroxylation sites is 2. The minimum absolute atomic E-state index is 0.190. The quantitative estimate of drug-likeness (QED) is 0.694. The molecule has 1 aromatic rings. The molecule has 0 amide bonds. The van der Waals surface area contributed by atoms with Gasteiger partial charge in [-0.05, 0) is 25.0 Å². The van der Waals surface area contributed by atoms with Gasteiger partial charge < -0.3 is 10.2 Å². The van der Waals surface area contributed by atoms with Crippen molar-refractivity contribution in [2.24, 2.45) is 0 Å². The van der Waals surface area contributed by atoms with Gasteiger partial charge in [0.25, 0.3) is 0 Å². The zero-order valence-electron chi connectivity index (χ0n) is 8.87. The molecule has 3 heteroatoms. The number of nitrogens with one attached hydrogen (secondary N) is 2. The molecule has 1 heterocycles. The van der Waals surface area contributed by atoms with E-state index in [2.05, 4.69) is 34.4 Å². The van der Waals surface area contributed by atoms with Crippen molar-refractivity contribution in [1.29, 1.82) is 0 Å². The predicted octanol–water partition coefficient (Wildman–Crippen LogP) is 4.17. The smallest absolute Gasteiger partial charge is 0.0930 e. The maximum Gasteiger partial charge on any atom is 0.0930 e. The van der Waals surface area contributed by atoms with Crippen LogP contribution in [0.3, 0.4) is 0 Å². The molecule has 0 unspecified atom stereocenters.